The number of hydrogen-bond donors (Lipinski definition) is 3. The lowest BCUT2D eigenvalue weighted by atomic mass is 10.0. The minimum atomic E-state index is -0.873. The Kier molecular flexibility index (Phi) is 73.6. The van der Waals surface area contributed by atoms with Crippen LogP contribution in [0.2, 0.25) is 0 Å². The molecule has 0 saturated carbocycles. The minimum absolute atomic E-state index is 0.0700. The minimum Gasteiger partial charge on any atom is -0.394 e. The van der Waals surface area contributed by atoms with Crippen LogP contribution in [-0.2, 0) is 4.79 Å². The molecular weight excluding hydrogens is 1020 g/mol. The molecule has 0 fully saturated rings. The first-order valence-corrected chi connectivity index (χ1v) is 38.5. The predicted molar refractivity (Wildman–Crippen MR) is 378 cm³/mol. The second-order valence-electron chi connectivity index (χ2n) is 26.4. The summed E-state index contributed by atoms with van der Waals surface area (Å²) in [6.07, 6.45) is 108. The number of hydrogen-bond acceptors (Lipinski definition) is 3. The van der Waals surface area contributed by atoms with Crippen molar-refractivity contribution in [2.24, 2.45) is 0 Å². The second-order valence-corrected chi connectivity index (χ2v) is 26.4. The maximum atomic E-state index is 12.6. The van der Waals surface area contributed by atoms with E-state index in [0.29, 0.717) is 6.42 Å². The summed E-state index contributed by atoms with van der Waals surface area (Å²) in [4.78, 5) is 12.6. The standard InChI is InChI=1S/C80H151NO3/c1-3-5-7-9-11-13-15-17-19-21-23-25-27-29-31-33-35-36-37-38-39-40-41-42-43-44-46-48-50-52-54-56-58-60-62-64-66-68-70-72-74-76-80(84)81-78(77-82)79(83)75-73-71-69-67-65-63-61-59-57-55-53-51-49-47-45-34-32-30-28-26-24-22-20-18-16-14-12-10-8-6-4-2/h15,17,21,23,57,59,65,67,73,75,78-79,82-83H,3-14,16,18-20,22,24-56,58,60-64,66,68-72,74,76-77H2,1-2H3,(H,81,84)/b17-15-,23-21-,59-57+,67-65+,75-73+. The number of aliphatic hydroxyl groups is 2. The Morgan fingerprint density at radius 1 is 0.286 bits per heavy atom. The Balaban J connectivity index is 3.43. The first kappa shape index (κ1) is 82.1. The van der Waals surface area contributed by atoms with Gasteiger partial charge >= 0.3 is 0 Å². The van der Waals surface area contributed by atoms with E-state index in [2.05, 4.69) is 67.8 Å². The SMILES string of the molecule is CCCCCCC/C=C\C/C=C\CCCCCCCCCCCCCCCCCCCCCCCCCCCCCCCC(=O)NC(CO)C(O)/C=C/CC/C=C/CC/C=C/CCCCCCCCCCCCCCCCCCCCCCC. The highest BCUT2D eigenvalue weighted by Crippen LogP contribution is 2.19. The van der Waals surface area contributed by atoms with Crippen LogP contribution in [0.5, 0.6) is 0 Å². The molecule has 0 radical (unpaired) electrons. The molecule has 4 nitrogen and oxygen atoms in total. The van der Waals surface area contributed by atoms with Crippen molar-refractivity contribution in [3.63, 3.8) is 0 Å². The maximum Gasteiger partial charge on any atom is 0.220 e. The van der Waals surface area contributed by atoms with Crippen LogP contribution in [0.4, 0.5) is 0 Å². The fourth-order valence-corrected chi connectivity index (χ4v) is 12.1. The first-order chi connectivity index (χ1) is 41.7. The van der Waals surface area contributed by atoms with E-state index in [1.54, 1.807) is 6.08 Å². The fraction of sp³-hybridized carbons (Fsp3) is 0.863. The molecule has 0 heterocycles. The van der Waals surface area contributed by atoms with Crippen LogP contribution in [-0.4, -0.2) is 34.9 Å². The van der Waals surface area contributed by atoms with Crippen LogP contribution in [0.25, 0.3) is 0 Å². The quantitative estimate of drug-likeness (QED) is 0.0420. The number of carbonyl (C=O) groups excluding carboxylic acids is 1. The van der Waals surface area contributed by atoms with Gasteiger partial charge in [0.2, 0.25) is 5.91 Å². The van der Waals surface area contributed by atoms with Gasteiger partial charge in [-0.2, -0.15) is 0 Å². The van der Waals surface area contributed by atoms with Gasteiger partial charge in [-0.3, -0.25) is 4.79 Å². The third-order valence-electron chi connectivity index (χ3n) is 18.0. The summed E-state index contributed by atoms with van der Waals surface area (Å²) in [6, 6.07) is -0.648. The van der Waals surface area contributed by atoms with Crippen molar-refractivity contribution in [3.05, 3.63) is 60.8 Å². The van der Waals surface area contributed by atoms with Gasteiger partial charge in [0.05, 0.1) is 18.8 Å². The lowest BCUT2D eigenvalue weighted by molar-refractivity contribution is -0.123. The molecule has 494 valence electrons. The molecule has 84 heavy (non-hydrogen) atoms. The van der Waals surface area contributed by atoms with E-state index in [4.69, 9.17) is 0 Å². The lowest BCUT2D eigenvalue weighted by Gasteiger charge is -2.19. The van der Waals surface area contributed by atoms with Crippen molar-refractivity contribution in [2.45, 2.75) is 437 Å². The molecule has 2 unspecified atom stereocenters. The first-order valence-electron chi connectivity index (χ1n) is 38.5. The number of unbranched alkanes of at least 4 members (excludes halogenated alkanes) is 57. The average molecular weight is 1180 g/mol. The molecule has 0 aliphatic rings. The van der Waals surface area contributed by atoms with Crippen molar-refractivity contribution in [2.75, 3.05) is 6.61 Å². The summed E-state index contributed by atoms with van der Waals surface area (Å²) in [5.74, 6) is -0.0700. The Bertz CT molecular complexity index is 1380. The van der Waals surface area contributed by atoms with Gasteiger partial charge in [-0.15, -0.1) is 0 Å². The highest BCUT2D eigenvalue weighted by molar-refractivity contribution is 5.76. The molecule has 0 bridgehead atoms. The molecule has 0 aromatic rings. The normalized spacial score (nSPS) is 13.0. The Morgan fingerprint density at radius 3 is 0.762 bits per heavy atom. The van der Waals surface area contributed by atoms with E-state index < -0.39 is 12.1 Å². The molecule has 4 heteroatoms. The largest absolute Gasteiger partial charge is 0.394 e. The van der Waals surface area contributed by atoms with Crippen LogP contribution in [0.15, 0.2) is 60.8 Å². The second kappa shape index (κ2) is 75.3. The van der Waals surface area contributed by atoms with E-state index in [1.807, 2.05) is 6.08 Å². The van der Waals surface area contributed by atoms with Gasteiger partial charge < -0.3 is 15.5 Å². The molecule has 0 aromatic carbocycles. The molecule has 0 rings (SSSR count). The van der Waals surface area contributed by atoms with Gasteiger partial charge in [0, 0.05) is 6.42 Å². The predicted octanol–water partition coefficient (Wildman–Crippen LogP) is 26.6. The van der Waals surface area contributed by atoms with Crippen LogP contribution in [0.3, 0.4) is 0 Å². The molecule has 0 aliphatic heterocycles. The highest BCUT2D eigenvalue weighted by atomic mass is 16.3. The van der Waals surface area contributed by atoms with Crippen LogP contribution in [0, 0.1) is 0 Å². The molecule has 3 N–H and O–H groups in total. The van der Waals surface area contributed by atoms with Crippen molar-refractivity contribution in [1.82, 2.24) is 5.32 Å². The van der Waals surface area contributed by atoms with Crippen molar-refractivity contribution < 1.29 is 15.0 Å². The zero-order chi connectivity index (χ0) is 60.5. The van der Waals surface area contributed by atoms with Gasteiger partial charge in [-0.05, 0) is 77.0 Å². The summed E-state index contributed by atoms with van der Waals surface area (Å²) in [5.41, 5.74) is 0. The molecule has 2 atom stereocenters. The maximum absolute atomic E-state index is 12.6. The average Bonchev–Trinajstić information content (AvgIpc) is 3.51. The van der Waals surface area contributed by atoms with Crippen LogP contribution < -0.4 is 5.32 Å². The molecule has 0 spiro atoms. The number of aliphatic hydroxyl groups excluding tert-OH is 2. The van der Waals surface area contributed by atoms with E-state index in [-0.39, 0.29) is 12.5 Å². The Labute approximate surface area is 527 Å². The van der Waals surface area contributed by atoms with Gasteiger partial charge in [0.25, 0.3) is 0 Å². The number of allylic oxidation sites excluding steroid dienone is 9. The van der Waals surface area contributed by atoms with Gasteiger partial charge in [-0.25, -0.2) is 0 Å². The zero-order valence-corrected chi connectivity index (χ0v) is 57.2. The van der Waals surface area contributed by atoms with E-state index >= 15 is 0 Å². The van der Waals surface area contributed by atoms with Crippen LogP contribution in [0.1, 0.15) is 425 Å². The Morgan fingerprint density at radius 2 is 0.500 bits per heavy atom. The van der Waals surface area contributed by atoms with Gasteiger partial charge in [-0.1, -0.05) is 402 Å². The summed E-state index contributed by atoms with van der Waals surface area (Å²) in [6.45, 7) is 4.33. The summed E-state index contributed by atoms with van der Waals surface area (Å²) in [7, 11) is 0. The summed E-state index contributed by atoms with van der Waals surface area (Å²) < 4.78 is 0. The number of amides is 1. The van der Waals surface area contributed by atoms with Crippen molar-refractivity contribution in [3.8, 4) is 0 Å². The molecule has 0 aromatic heterocycles. The van der Waals surface area contributed by atoms with E-state index in [0.717, 1.165) is 44.9 Å². The summed E-state index contributed by atoms with van der Waals surface area (Å²) in [5, 5.41) is 23.3. The number of carbonyl (C=O) groups is 1. The van der Waals surface area contributed by atoms with Crippen molar-refractivity contribution in [1.29, 1.82) is 0 Å². The van der Waals surface area contributed by atoms with Crippen molar-refractivity contribution >= 4 is 5.91 Å². The van der Waals surface area contributed by atoms with E-state index in [1.165, 1.54) is 360 Å². The number of rotatable bonds is 72. The highest BCUT2D eigenvalue weighted by Gasteiger charge is 2.18. The molecule has 0 aliphatic carbocycles. The number of nitrogens with one attached hydrogen (secondary N) is 1. The molecule has 0 saturated heterocycles. The lowest BCUT2D eigenvalue weighted by Crippen LogP contribution is -2.45. The Hall–Kier alpha value is -1.91. The van der Waals surface area contributed by atoms with Gasteiger partial charge in [0.1, 0.15) is 0 Å². The third-order valence-corrected chi connectivity index (χ3v) is 18.0. The third kappa shape index (κ3) is 70.8. The van der Waals surface area contributed by atoms with Crippen LogP contribution >= 0.6 is 0 Å². The molecule has 1 amide bonds. The zero-order valence-electron chi connectivity index (χ0n) is 57.2. The van der Waals surface area contributed by atoms with Gasteiger partial charge in [0.15, 0.2) is 0 Å². The van der Waals surface area contributed by atoms with E-state index in [9.17, 15) is 15.0 Å². The smallest absolute Gasteiger partial charge is 0.220 e. The topological polar surface area (TPSA) is 69.6 Å². The summed E-state index contributed by atoms with van der Waals surface area (Å²) >= 11 is 0. The monoisotopic (exact) mass is 1170 g/mol. The fourth-order valence-electron chi connectivity index (χ4n) is 12.1. The molecular formula is C80H151NO3.